The number of carbonyl (C=O) groups excluding carboxylic acids is 1. The van der Waals surface area contributed by atoms with Crippen molar-refractivity contribution < 1.29 is 15.1 Å². The smallest absolute Gasteiger partial charge is 0.186 e. The van der Waals surface area contributed by atoms with Crippen molar-refractivity contribution in [1.29, 1.82) is 0 Å². The molecule has 4 aliphatic carbocycles. The highest BCUT2D eigenvalue weighted by Crippen LogP contribution is 2.63. The molecular formula is C19H27NO3. The topological polar surface area (TPSA) is 69.9 Å². The van der Waals surface area contributed by atoms with Gasteiger partial charge in [0.25, 0.3) is 0 Å². The monoisotopic (exact) mass is 317 g/mol. The highest BCUT2D eigenvalue weighted by atomic mass is 16.4. The molecule has 4 heteroatoms. The number of hydrogen-bond acceptors (Lipinski definition) is 4. The van der Waals surface area contributed by atoms with Crippen LogP contribution in [0.15, 0.2) is 16.8 Å². The molecule has 2 N–H and O–H groups in total. The number of Topliss-reactive ketones (excluding diaryl/α,β-unsaturated/α-hetero) is 1. The number of ketones is 1. The molecule has 3 saturated carbocycles. The van der Waals surface area contributed by atoms with Crippen molar-refractivity contribution in [2.24, 2.45) is 33.7 Å². The fourth-order valence-corrected chi connectivity index (χ4v) is 6.34. The summed E-state index contributed by atoms with van der Waals surface area (Å²) in [4.78, 5) is 12.6. The minimum atomic E-state index is -0.335. The minimum Gasteiger partial charge on any atom is -0.411 e. The van der Waals surface area contributed by atoms with E-state index in [9.17, 15) is 15.1 Å². The zero-order valence-electron chi connectivity index (χ0n) is 14.1. The van der Waals surface area contributed by atoms with Gasteiger partial charge in [0, 0.05) is 11.8 Å². The first-order valence-corrected chi connectivity index (χ1v) is 9.03. The zero-order valence-corrected chi connectivity index (χ0v) is 14.1. The standard InChI is InChI=1S/C19H27NO3/c1-18-7-5-12(21)9-11(18)3-4-13-14(18)6-8-19(2)15(13)10-16(20-23)17(19)22/h3,12-15,21,23H,4-10H2,1-2H3/b20-16+/t12-,13-,14+,15+,18-,19-/m0/s1. The normalized spacial score (nSPS) is 51.0. The van der Waals surface area contributed by atoms with Gasteiger partial charge in [0.15, 0.2) is 5.78 Å². The predicted molar refractivity (Wildman–Crippen MR) is 87.3 cm³/mol. The van der Waals surface area contributed by atoms with Crippen LogP contribution >= 0.6 is 0 Å². The van der Waals surface area contributed by atoms with Crippen LogP contribution in [-0.4, -0.2) is 27.9 Å². The molecule has 0 heterocycles. The van der Waals surface area contributed by atoms with E-state index in [2.05, 4.69) is 25.1 Å². The molecule has 0 amide bonds. The van der Waals surface area contributed by atoms with Crippen molar-refractivity contribution in [2.45, 2.75) is 64.9 Å². The summed E-state index contributed by atoms with van der Waals surface area (Å²) >= 11 is 0. The summed E-state index contributed by atoms with van der Waals surface area (Å²) in [7, 11) is 0. The summed E-state index contributed by atoms with van der Waals surface area (Å²) in [5, 5.41) is 22.5. The van der Waals surface area contributed by atoms with Crippen molar-refractivity contribution >= 4 is 11.5 Å². The number of hydrogen-bond donors (Lipinski definition) is 2. The van der Waals surface area contributed by atoms with Crippen LogP contribution in [0, 0.1) is 28.6 Å². The summed E-state index contributed by atoms with van der Waals surface area (Å²) < 4.78 is 0. The number of carbonyl (C=O) groups is 1. The van der Waals surface area contributed by atoms with Crippen LogP contribution in [0.2, 0.25) is 0 Å². The average Bonchev–Trinajstić information content (AvgIpc) is 2.79. The Morgan fingerprint density at radius 3 is 2.61 bits per heavy atom. The van der Waals surface area contributed by atoms with Gasteiger partial charge in [0.1, 0.15) is 5.71 Å². The second-order valence-corrected chi connectivity index (χ2v) is 8.69. The Kier molecular flexibility index (Phi) is 3.29. The van der Waals surface area contributed by atoms with Gasteiger partial charge in [0.2, 0.25) is 0 Å². The molecule has 4 rings (SSSR count). The van der Waals surface area contributed by atoms with Crippen molar-refractivity contribution in [2.75, 3.05) is 0 Å². The lowest BCUT2D eigenvalue weighted by Gasteiger charge is -2.56. The quantitative estimate of drug-likeness (QED) is 0.409. The van der Waals surface area contributed by atoms with E-state index in [1.54, 1.807) is 0 Å². The molecule has 0 bridgehead atoms. The number of fused-ring (bicyclic) bond motifs is 5. The van der Waals surface area contributed by atoms with E-state index >= 15 is 0 Å². The molecule has 0 aromatic heterocycles. The molecule has 3 fully saturated rings. The van der Waals surface area contributed by atoms with Gasteiger partial charge in [-0.25, -0.2) is 0 Å². The van der Waals surface area contributed by atoms with Gasteiger partial charge in [-0.3, -0.25) is 4.79 Å². The first kappa shape index (κ1) is 15.4. The molecule has 0 aromatic rings. The second-order valence-electron chi connectivity index (χ2n) is 8.69. The summed E-state index contributed by atoms with van der Waals surface area (Å²) in [6.07, 6.45) is 8.57. The number of aliphatic hydroxyl groups is 1. The lowest BCUT2D eigenvalue weighted by atomic mass is 9.48. The first-order valence-electron chi connectivity index (χ1n) is 9.03. The fourth-order valence-electron chi connectivity index (χ4n) is 6.34. The number of nitrogens with zero attached hydrogens (tertiary/aromatic N) is 1. The molecule has 0 spiro atoms. The largest absolute Gasteiger partial charge is 0.411 e. The van der Waals surface area contributed by atoms with Gasteiger partial charge < -0.3 is 10.3 Å². The third-order valence-electron chi connectivity index (χ3n) is 7.78. The van der Waals surface area contributed by atoms with Crippen LogP contribution in [0.25, 0.3) is 0 Å². The average molecular weight is 317 g/mol. The summed E-state index contributed by atoms with van der Waals surface area (Å²) in [5.74, 6) is 1.48. The van der Waals surface area contributed by atoms with Gasteiger partial charge in [-0.05, 0) is 61.7 Å². The second kappa shape index (κ2) is 4.92. The SMILES string of the molecule is C[C@]12CC[C@H](O)CC1=CC[C@H]1[C@H]2CC[C@]2(C)C(=O)/C(=N/O)C[C@H]12. The maximum Gasteiger partial charge on any atom is 0.186 e. The van der Waals surface area contributed by atoms with Crippen LogP contribution in [-0.2, 0) is 4.79 Å². The lowest BCUT2D eigenvalue weighted by molar-refractivity contribution is -0.128. The van der Waals surface area contributed by atoms with Gasteiger partial charge in [-0.15, -0.1) is 0 Å². The zero-order chi connectivity index (χ0) is 16.4. The van der Waals surface area contributed by atoms with E-state index in [1.165, 1.54) is 5.57 Å². The van der Waals surface area contributed by atoms with Gasteiger partial charge in [-0.2, -0.15) is 0 Å². The first-order chi connectivity index (χ1) is 10.9. The van der Waals surface area contributed by atoms with Crippen LogP contribution in [0.5, 0.6) is 0 Å². The Morgan fingerprint density at radius 2 is 1.87 bits per heavy atom. The maximum absolute atomic E-state index is 12.6. The number of aliphatic hydroxyl groups excluding tert-OH is 1. The minimum absolute atomic E-state index is 0.0717. The maximum atomic E-state index is 12.6. The Hall–Kier alpha value is -1.16. The van der Waals surface area contributed by atoms with Crippen molar-refractivity contribution in [3.63, 3.8) is 0 Å². The number of oxime groups is 1. The van der Waals surface area contributed by atoms with Crippen LogP contribution < -0.4 is 0 Å². The molecule has 6 atom stereocenters. The molecule has 0 saturated heterocycles. The van der Waals surface area contributed by atoms with Crippen molar-refractivity contribution in [3.05, 3.63) is 11.6 Å². The summed E-state index contributed by atoms with van der Waals surface area (Å²) in [5.41, 5.74) is 1.68. The van der Waals surface area contributed by atoms with E-state index < -0.39 is 0 Å². The molecule has 0 radical (unpaired) electrons. The molecule has 0 unspecified atom stereocenters. The molecule has 23 heavy (non-hydrogen) atoms. The lowest BCUT2D eigenvalue weighted by Crippen LogP contribution is -2.50. The Balaban J connectivity index is 1.71. The fraction of sp³-hybridized carbons (Fsp3) is 0.789. The van der Waals surface area contributed by atoms with Crippen LogP contribution in [0.1, 0.15) is 58.8 Å². The molecule has 4 aliphatic rings. The van der Waals surface area contributed by atoms with Crippen LogP contribution in [0.4, 0.5) is 0 Å². The highest BCUT2D eigenvalue weighted by molar-refractivity contribution is 6.43. The van der Waals surface area contributed by atoms with E-state index in [4.69, 9.17) is 0 Å². The van der Waals surface area contributed by atoms with Crippen LogP contribution in [0.3, 0.4) is 0 Å². The Bertz CT molecular complexity index is 610. The highest BCUT2D eigenvalue weighted by Gasteiger charge is 2.60. The number of rotatable bonds is 0. The molecule has 4 nitrogen and oxygen atoms in total. The Morgan fingerprint density at radius 1 is 1.13 bits per heavy atom. The van der Waals surface area contributed by atoms with Gasteiger partial charge >= 0.3 is 0 Å². The molecule has 0 aromatic carbocycles. The van der Waals surface area contributed by atoms with E-state index in [1.807, 2.05) is 0 Å². The van der Waals surface area contributed by atoms with Crippen molar-refractivity contribution in [3.8, 4) is 0 Å². The third-order valence-corrected chi connectivity index (χ3v) is 7.78. The molecule has 0 aliphatic heterocycles. The Labute approximate surface area is 137 Å². The van der Waals surface area contributed by atoms with Crippen molar-refractivity contribution in [1.82, 2.24) is 0 Å². The summed E-state index contributed by atoms with van der Waals surface area (Å²) in [6, 6.07) is 0. The molecular weight excluding hydrogens is 290 g/mol. The molecule has 126 valence electrons. The number of allylic oxidation sites excluding steroid dienone is 1. The van der Waals surface area contributed by atoms with Gasteiger partial charge in [-0.1, -0.05) is 30.7 Å². The third kappa shape index (κ3) is 1.93. The summed E-state index contributed by atoms with van der Waals surface area (Å²) in [6.45, 7) is 4.46. The van der Waals surface area contributed by atoms with E-state index in [0.717, 1.165) is 38.5 Å². The van der Waals surface area contributed by atoms with E-state index in [0.29, 0.717) is 29.9 Å². The predicted octanol–water partition coefficient (Wildman–Crippen LogP) is 3.32. The van der Waals surface area contributed by atoms with E-state index in [-0.39, 0.29) is 22.7 Å². The van der Waals surface area contributed by atoms with Gasteiger partial charge in [0.05, 0.1) is 6.10 Å².